The molecule has 1 heterocycles. The van der Waals surface area contributed by atoms with E-state index in [-0.39, 0.29) is 23.2 Å². The zero-order chi connectivity index (χ0) is 16.2. The highest BCUT2D eigenvalue weighted by Gasteiger charge is 2.29. The molecule has 1 unspecified atom stereocenters. The monoisotopic (exact) mass is 314 g/mol. The molecule has 6 nitrogen and oxygen atoms in total. The Morgan fingerprint density at radius 1 is 1.52 bits per heavy atom. The normalized spacial score (nSPS) is 13.0. The number of carbonyl (C=O) groups excluding carboxylic acids is 1. The third-order valence-corrected chi connectivity index (χ3v) is 4.60. The average Bonchev–Trinajstić information content (AvgIpc) is 2.76. The number of carbonyl (C=O) groups is 1. The van der Waals surface area contributed by atoms with Gasteiger partial charge in [-0.05, 0) is 12.3 Å². The van der Waals surface area contributed by atoms with E-state index in [0.717, 1.165) is 0 Å². The molecule has 1 aromatic heterocycles. The summed E-state index contributed by atoms with van der Waals surface area (Å²) in [5.41, 5.74) is 5.88. The summed E-state index contributed by atoms with van der Waals surface area (Å²) in [6, 6.07) is 0.0939. The fourth-order valence-electron chi connectivity index (χ4n) is 1.74. The van der Waals surface area contributed by atoms with Gasteiger partial charge in [-0.1, -0.05) is 32.1 Å². The van der Waals surface area contributed by atoms with Gasteiger partial charge in [0.05, 0.1) is 6.61 Å². The summed E-state index contributed by atoms with van der Waals surface area (Å²) >= 11 is 1.28. The Morgan fingerprint density at radius 3 is 2.67 bits per heavy atom. The standard InChI is InChI=1S/C14H26N4O2S/c1-9(14(2,3)4)18(5)12(19)10-11(15)17-13(21-10)16-7-8-20-6/h9H,7-8,15H2,1-6H3,(H,16,17). The van der Waals surface area contributed by atoms with Crippen molar-refractivity contribution < 1.29 is 9.53 Å². The average molecular weight is 314 g/mol. The lowest BCUT2D eigenvalue weighted by atomic mass is 9.87. The minimum absolute atomic E-state index is 0.00338. The molecule has 0 aliphatic carbocycles. The van der Waals surface area contributed by atoms with Crippen molar-refractivity contribution in [2.75, 3.05) is 38.4 Å². The molecule has 1 amide bonds. The second kappa shape index (κ2) is 7.09. The van der Waals surface area contributed by atoms with Crippen molar-refractivity contribution in [2.45, 2.75) is 33.7 Å². The SMILES string of the molecule is COCCNc1nc(N)c(C(=O)N(C)C(C)C(C)(C)C)s1. The van der Waals surface area contributed by atoms with Crippen molar-refractivity contribution in [3.05, 3.63) is 4.88 Å². The number of nitrogens with two attached hydrogens (primary N) is 1. The number of nitrogen functional groups attached to an aromatic ring is 1. The van der Waals surface area contributed by atoms with Crippen LogP contribution in [0.4, 0.5) is 10.9 Å². The van der Waals surface area contributed by atoms with Crippen molar-refractivity contribution in [1.82, 2.24) is 9.88 Å². The second-order valence-corrected chi connectivity index (χ2v) is 7.11. The number of aromatic nitrogens is 1. The lowest BCUT2D eigenvalue weighted by Gasteiger charge is -2.35. The maximum Gasteiger partial charge on any atom is 0.267 e. The fraction of sp³-hybridized carbons (Fsp3) is 0.714. The summed E-state index contributed by atoms with van der Waals surface area (Å²) < 4.78 is 4.96. The Hall–Kier alpha value is -1.34. The summed E-state index contributed by atoms with van der Waals surface area (Å²) in [4.78, 5) is 19.0. The molecular formula is C14H26N4O2S. The molecule has 0 saturated heterocycles. The molecule has 1 aromatic rings. The molecule has 1 atom stereocenters. The van der Waals surface area contributed by atoms with Gasteiger partial charge in [-0.2, -0.15) is 0 Å². The Kier molecular flexibility index (Phi) is 5.98. The zero-order valence-corrected chi connectivity index (χ0v) is 14.5. The molecule has 3 N–H and O–H groups in total. The second-order valence-electron chi connectivity index (χ2n) is 6.11. The third kappa shape index (κ3) is 4.57. The topological polar surface area (TPSA) is 80.5 Å². The lowest BCUT2D eigenvalue weighted by Crippen LogP contribution is -2.42. The highest BCUT2D eigenvalue weighted by atomic mass is 32.1. The van der Waals surface area contributed by atoms with Crippen LogP contribution in [0.25, 0.3) is 0 Å². The number of methoxy groups -OCH3 is 1. The first-order valence-electron chi connectivity index (χ1n) is 6.94. The summed E-state index contributed by atoms with van der Waals surface area (Å²) in [5, 5.41) is 3.73. The molecular weight excluding hydrogens is 288 g/mol. The van der Waals surface area contributed by atoms with Gasteiger partial charge < -0.3 is 20.7 Å². The van der Waals surface area contributed by atoms with E-state index in [1.807, 2.05) is 6.92 Å². The molecule has 1 rings (SSSR count). The van der Waals surface area contributed by atoms with E-state index < -0.39 is 0 Å². The van der Waals surface area contributed by atoms with Crippen molar-refractivity contribution in [1.29, 1.82) is 0 Å². The van der Waals surface area contributed by atoms with E-state index in [4.69, 9.17) is 10.5 Å². The van der Waals surface area contributed by atoms with Crippen molar-refractivity contribution in [3.63, 3.8) is 0 Å². The molecule has 120 valence electrons. The van der Waals surface area contributed by atoms with Crippen LogP contribution >= 0.6 is 11.3 Å². The maximum atomic E-state index is 12.6. The van der Waals surface area contributed by atoms with Gasteiger partial charge in [0, 0.05) is 26.7 Å². The molecule has 0 spiro atoms. The van der Waals surface area contributed by atoms with Crippen LogP contribution in [0.1, 0.15) is 37.4 Å². The Bertz CT molecular complexity index is 482. The van der Waals surface area contributed by atoms with Gasteiger partial charge in [-0.25, -0.2) is 4.98 Å². The van der Waals surface area contributed by atoms with Crippen molar-refractivity contribution in [2.24, 2.45) is 5.41 Å². The van der Waals surface area contributed by atoms with Crippen LogP contribution in [0.3, 0.4) is 0 Å². The minimum atomic E-state index is -0.0905. The maximum absolute atomic E-state index is 12.6. The Morgan fingerprint density at radius 2 is 2.14 bits per heavy atom. The predicted octanol–water partition coefficient (Wildman–Crippen LogP) is 2.29. The number of anilines is 2. The van der Waals surface area contributed by atoms with Gasteiger partial charge in [0.1, 0.15) is 10.7 Å². The Labute approximate surface area is 130 Å². The Balaban J connectivity index is 2.83. The van der Waals surface area contributed by atoms with E-state index in [0.29, 0.717) is 23.2 Å². The summed E-state index contributed by atoms with van der Waals surface area (Å²) in [7, 11) is 3.44. The van der Waals surface area contributed by atoms with E-state index >= 15 is 0 Å². The lowest BCUT2D eigenvalue weighted by molar-refractivity contribution is 0.0635. The van der Waals surface area contributed by atoms with Gasteiger partial charge in [0.15, 0.2) is 5.13 Å². The first kappa shape index (κ1) is 17.7. The molecule has 0 radical (unpaired) electrons. The van der Waals surface area contributed by atoms with Crippen molar-refractivity contribution in [3.8, 4) is 0 Å². The van der Waals surface area contributed by atoms with Gasteiger partial charge >= 0.3 is 0 Å². The number of nitrogens with one attached hydrogen (secondary N) is 1. The third-order valence-electron chi connectivity index (χ3n) is 3.58. The van der Waals surface area contributed by atoms with E-state index in [1.165, 1.54) is 11.3 Å². The molecule has 0 aliphatic rings. The smallest absolute Gasteiger partial charge is 0.267 e. The fourth-order valence-corrected chi connectivity index (χ4v) is 2.63. The predicted molar refractivity (Wildman–Crippen MR) is 87.9 cm³/mol. The highest BCUT2D eigenvalue weighted by molar-refractivity contribution is 7.18. The molecule has 0 aromatic carbocycles. The number of hydrogen-bond acceptors (Lipinski definition) is 6. The van der Waals surface area contributed by atoms with Gasteiger partial charge in [-0.15, -0.1) is 0 Å². The number of ether oxygens (including phenoxy) is 1. The molecule has 7 heteroatoms. The van der Waals surface area contributed by atoms with E-state index in [2.05, 4.69) is 31.1 Å². The van der Waals surface area contributed by atoms with E-state index in [9.17, 15) is 4.79 Å². The number of rotatable bonds is 6. The van der Waals surface area contributed by atoms with E-state index in [1.54, 1.807) is 19.1 Å². The summed E-state index contributed by atoms with van der Waals surface area (Å²) in [6.45, 7) is 9.56. The summed E-state index contributed by atoms with van der Waals surface area (Å²) in [5.74, 6) is 0.185. The van der Waals surface area contributed by atoms with Crippen LogP contribution in [0.2, 0.25) is 0 Å². The van der Waals surface area contributed by atoms with Gasteiger partial charge in [0.2, 0.25) is 0 Å². The minimum Gasteiger partial charge on any atom is -0.383 e. The first-order valence-corrected chi connectivity index (χ1v) is 7.76. The molecule has 0 saturated carbocycles. The number of nitrogens with zero attached hydrogens (tertiary/aromatic N) is 2. The first-order chi connectivity index (χ1) is 9.68. The number of hydrogen-bond donors (Lipinski definition) is 2. The van der Waals surface area contributed by atoms with Crippen LogP contribution in [-0.2, 0) is 4.74 Å². The molecule has 0 bridgehead atoms. The number of amides is 1. The quantitative estimate of drug-likeness (QED) is 0.787. The van der Waals surface area contributed by atoms with Crippen LogP contribution in [0.5, 0.6) is 0 Å². The van der Waals surface area contributed by atoms with Gasteiger partial charge in [-0.3, -0.25) is 4.79 Å². The molecule has 0 aliphatic heterocycles. The van der Waals surface area contributed by atoms with Crippen molar-refractivity contribution >= 4 is 28.2 Å². The van der Waals surface area contributed by atoms with Crippen LogP contribution in [0, 0.1) is 5.41 Å². The molecule has 0 fully saturated rings. The zero-order valence-electron chi connectivity index (χ0n) is 13.7. The van der Waals surface area contributed by atoms with Gasteiger partial charge in [0.25, 0.3) is 5.91 Å². The largest absolute Gasteiger partial charge is 0.383 e. The highest BCUT2D eigenvalue weighted by Crippen LogP contribution is 2.29. The van der Waals surface area contributed by atoms with Crippen LogP contribution < -0.4 is 11.1 Å². The summed E-state index contributed by atoms with van der Waals surface area (Å²) in [6.07, 6.45) is 0. The molecule has 21 heavy (non-hydrogen) atoms. The van der Waals surface area contributed by atoms with Crippen LogP contribution in [0.15, 0.2) is 0 Å². The van der Waals surface area contributed by atoms with Crippen LogP contribution in [-0.4, -0.2) is 49.1 Å². The number of thiazole rings is 1.